The molecule has 0 saturated heterocycles. The van der Waals surface area contributed by atoms with E-state index in [1.165, 1.54) is 16.9 Å². The number of hydrogen-bond acceptors (Lipinski definition) is 5. The van der Waals surface area contributed by atoms with E-state index >= 15 is 0 Å². The Morgan fingerprint density at radius 3 is 2.72 bits per heavy atom. The lowest BCUT2D eigenvalue weighted by atomic mass is 9.97. The van der Waals surface area contributed by atoms with Crippen LogP contribution >= 0.6 is 11.3 Å². The van der Waals surface area contributed by atoms with Crippen LogP contribution < -0.4 is 16.0 Å². The van der Waals surface area contributed by atoms with Crippen molar-refractivity contribution in [2.45, 2.75) is 51.5 Å². The summed E-state index contributed by atoms with van der Waals surface area (Å²) in [6.07, 6.45) is 5.61. The van der Waals surface area contributed by atoms with E-state index < -0.39 is 0 Å². The van der Waals surface area contributed by atoms with Crippen LogP contribution in [0.15, 0.2) is 29.1 Å². The van der Waals surface area contributed by atoms with Crippen LogP contribution in [0, 0.1) is 0 Å². The molecule has 4 rings (SSSR count). The third-order valence-corrected chi connectivity index (χ3v) is 6.67. The number of amides is 1. The summed E-state index contributed by atoms with van der Waals surface area (Å²) in [6, 6.07) is 7.80. The molecule has 1 amide bonds. The quantitative estimate of drug-likeness (QED) is 0.647. The molecule has 0 spiro atoms. The maximum atomic E-state index is 13.4. The number of aryl methyl sites for hydroxylation is 2. The molecule has 0 atom stereocenters. The molecule has 0 aliphatic heterocycles. The number of carbonyl (C=O) groups excluding carboxylic acids is 1. The Balaban J connectivity index is 1.77. The van der Waals surface area contributed by atoms with E-state index in [1.54, 1.807) is 23.0 Å². The molecule has 7 heteroatoms. The molecule has 2 heterocycles. The Morgan fingerprint density at radius 2 is 2.00 bits per heavy atom. The van der Waals surface area contributed by atoms with E-state index in [-0.39, 0.29) is 17.9 Å². The zero-order valence-corrected chi connectivity index (χ0v) is 17.4. The number of benzene rings is 1. The normalized spacial score (nSPS) is 13.4. The zero-order valence-electron chi connectivity index (χ0n) is 16.6. The Labute approximate surface area is 173 Å². The maximum Gasteiger partial charge on any atom is 0.262 e. The van der Waals surface area contributed by atoms with Gasteiger partial charge in [0.25, 0.3) is 5.56 Å². The molecule has 0 bridgehead atoms. The van der Waals surface area contributed by atoms with Crippen LogP contribution in [0.2, 0.25) is 0 Å². The molecule has 29 heavy (non-hydrogen) atoms. The minimum atomic E-state index is -0.350. The second-order valence-corrected chi connectivity index (χ2v) is 8.55. The number of rotatable bonds is 7. The second-order valence-electron chi connectivity index (χ2n) is 7.47. The first-order valence-corrected chi connectivity index (χ1v) is 10.8. The minimum absolute atomic E-state index is 0.0161. The highest BCUT2D eigenvalue weighted by atomic mass is 32.1. The summed E-state index contributed by atoms with van der Waals surface area (Å²) >= 11 is 1.66. The third-order valence-electron chi connectivity index (χ3n) is 5.48. The van der Waals surface area contributed by atoms with E-state index in [1.807, 2.05) is 24.3 Å². The van der Waals surface area contributed by atoms with Crippen LogP contribution in [0.4, 0.5) is 0 Å². The van der Waals surface area contributed by atoms with Crippen molar-refractivity contribution in [3.63, 3.8) is 0 Å². The molecule has 0 unspecified atom stereocenters. The van der Waals surface area contributed by atoms with Gasteiger partial charge in [0.2, 0.25) is 5.91 Å². The number of nitrogens with zero attached hydrogens (tertiary/aromatic N) is 2. The molecule has 0 radical (unpaired) electrons. The van der Waals surface area contributed by atoms with Gasteiger partial charge in [-0.25, -0.2) is 4.98 Å². The number of carbonyl (C=O) groups is 1. The largest absolute Gasteiger partial charge is 0.497 e. The van der Waals surface area contributed by atoms with Gasteiger partial charge in [0.1, 0.15) is 16.4 Å². The highest BCUT2D eigenvalue weighted by Gasteiger charge is 2.22. The molecule has 0 fully saturated rings. The van der Waals surface area contributed by atoms with Crippen LogP contribution in [-0.4, -0.2) is 22.6 Å². The molecule has 2 N–H and O–H groups in total. The number of nitrogens with two attached hydrogens (primary N) is 1. The molecule has 1 aliphatic rings. The average molecular weight is 412 g/mol. The lowest BCUT2D eigenvalue weighted by Crippen LogP contribution is -2.26. The molecule has 2 aromatic heterocycles. The Morgan fingerprint density at radius 1 is 1.24 bits per heavy atom. The van der Waals surface area contributed by atoms with Crippen molar-refractivity contribution < 1.29 is 9.53 Å². The molecule has 152 valence electrons. The van der Waals surface area contributed by atoms with Crippen molar-refractivity contribution in [2.24, 2.45) is 5.73 Å². The highest BCUT2D eigenvalue weighted by molar-refractivity contribution is 7.18. The summed E-state index contributed by atoms with van der Waals surface area (Å²) in [6.45, 7) is 0.445. The highest BCUT2D eigenvalue weighted by Crippen LogP contribution is 2.34. The van der Waals surface area contributed by atoms with Gasteiger partial charge in [-0.2, -0.15) is 0 Å². The topological polar surface area (TPSA) is 87.2 Å². The number of thiophene rings is 1. The van der Waals surface area contributed by atoms with E-state index in [0.717, 1.165) is 46.6 Å². The molecule has 1 aromatic carbocycles. The van der Waals surface area contributed by atoms with Gasteiger partial charge in [-0.05, 0) is 55.4 Å². The maximum absolute atomic E-state index is 13.4. The van der Waals surface area contributed by atoms with Crippen LogP contribution in [0.5, 0.6) is 5.75 Å². The van der Waals surface area contributed by atoms with Gasteiger partial charge in [-0.15, -0.1) is 11.3 Å². The number of primary amides is 1. The first-order chi connectivity index (χ1) is 14.1. The Kier molecular flexibility index (Phi) is 5.67. The van der Waals surface area contributed by atoms with Gasteiger partial charge < -0.3 is 10.5 Å². The first-order valence-electron chi connectivity index (χ1n) is 10.0. The SMILES string of the molecule is COc1ccc(Cc2nc3sc4c(c3c(=O)n2CCCC(N)=O)CCCC4)cc1. The number of methoxy groups -OCH3 is 1. The van der Waals surface area contributed by atoms with E-state index in [4.69, 9.17) is 15.5 Å². The zero-order chi connectivity index (χ0) is 20.4. The van der Waals surface area contributed by atoms with E-state index in [9.17, 15) is 9.59 Å². The smallest absolute Gasteiger partial charge is 0.262 e. The standard InChI is InChI=1S/C22H25N3O3S/c1-28-15-10-8-14(9-11-15)13-19-24-21-20(16-5-2-3-6-17(16)29-21)22(27)25(19)12-4-7-18(23)26/h8-11H,2-7,12-13H2,1H3,(H2,23,26). The Hall–Kier alpha value is -2.67. The molecule has 0 saturated carbocycles. The fourth-order valence-corrected chi connectivity index (χ4v) is 5.25. The predicted molar refractivity (Wildman–Crippen MR) is 115 cm³/mol. The van der Waals surface area contributed by atoms with Crippen molar-refractivity contribution in [3.8, 4) is 5.75 Å². The molecule has 1 aliphatic carbocycles. The summed E-state index contributed by atoms with van der Waals surface area (Å²) in [5, 5.41) is 0.780. The van der Waals surface area contributed by atoms with Gasteiger partial charge in [-0.3, -0.25) is 14.2 Å². The van der Waals surface area contributed by atoms with E-state index in [2.05, 4.69) is 0 Å². The minimum Gasteiger partial charge on any atom is -0.497 e. The molecular formula is C22H25N3O3S. The second kappa shape index (κ2) is 8.37. The number of hydrogen-bond donors (Lipinski definition) is 1. The number of fused-ring (bicyclic) bond motifs is 3. The summed E-state index contributed by atoms with van der Waals surface area (Å²) in [7, 11) is 1.64. The summed E-state index contributed by atoms with van der Waals surface area (Å²) < 4.78 is 6.98. The first kappa shape index (κ1) is 19.6. The van der Waals surface area contributed by atoms with Crippen LogP contribution in [0.3, 0.4) is 0 Å². The van der Waals surface area contributed by atoms with Gasteiger partial charge in [0, 0.05) is 24.3 Å². The lowest BCUT2D eigenvalue weighted by Gasteiger charge is -2.14. The van der Waals surface area contributed by atoms with Crippen LogP contribution in [0.25, 0.3) is 10.2 Å². The van der Waals surface area contributed by atoms with E-state index in [0.29, 0.717) is 19.4 Å². The Bertz CT molecular complexity index is 1100. The fraction of sp³-hybridized carbons (Fsp3) is 0.409. The monoisotopic (exact) mass is 411 g/mol. The van der Waals surface area contributed by atoms with Crippen LogP contribution in [0.1, 0.15) is 47.5 Å². The van der Waals surface area contributed by atoms with Gasteiger partial charge >= 0.3 is 0 Å². The van der Waals surface area contributed by atoms with Crippen molar-refractivity contribution in [1.29, 1.82) is 0 Å². The summed E-state index contributed by atoms with van der Waals surface area (Å²) in [4.78, 5) is 31.7. The van der Waals surface area contributed by atoms with Gasteiger partial charge in [0.05, 0.1) is 12.5 Å². The van der Waals surface area contributed by atoms with Crippen LogP contribution in [-0.2, 0) is 30.6 Å². The molecular weight excluding hydrogens is 386 g/mol. The van der Waals surface area contributed by atoms with Crippen molar-refractivity contribution in [2.75, 3.05) is 7.11 Å². The molecule has 3 aromatic rings. The molecule has 6 nitrogen and oxygen atoms in total. The summed E-state index contributed by atoms with van der Waals surface area (Å²) in [5.74, 6) is 1.18. The fourth-order valence-electron chi connectivity index (χ4n) is 3.98. The average Bonchev–Trinajstić information content (AvgIpc) is 3.09. The predicted octanol–water partition coefficient (Wildman–Crippen LogP) is 3.20. The lowest BCUT2D eigenvalue weighted by molar-refractivity contribution is -0.118. The van der Waals surface area contributed by atoms with Crippen molar-refractivity contribution >= 4 is 27.5 Å². The number of ether oxygens (including phenoxy) is 1. The van der Waals surface area contributed by atoms with Crippen molar-refractivity contribution in [1.82, 2.24) is 9.55 Å². The third kappa shape index (κ3) is 4.05. The van der Waals surface area contributed by atoms with Gasteiger partial charge in [-0.1, -0.05) is 12.1 Å². The van der Waals surface area contributed by atoms with Gasteiger partial charge in [0.15, 0.2) is 0 Å². The summed E-state index contributed by atoms with van der Waals surface area (Å²) in [5.41, 5.74) is 7.56. The van der Waals surface area contributed by atoms with Crippen molar-refractivity contribution in [3.05, 3.63) is 56.4 Å². The number of aromatic nitrogens is 2.